The lowest BCUT2D eigenvalue weighted by Gasteiger charge is -2.30. The number of nitrogen functional groups attached to an aromatic ring is 1. The number of fused-ring (bicyclic) bond motifs is 1. The molecule has 2 N–H and O–H groups in total. The Morgan fingerprint density at radius 3 is 2.74 bits per heavy atom. The molecule has 0 radical (unpaired) electrons. The van der Waals surface area contributed by atoms with Gasteiger partial charge in [-0.3, -0.25) is 0 Å². The van der Waals surface area contributed by atoms with Gasteiger partial charge < -0.3 is 10.3 Å². The highest BCUT2D eigenvalue weighted by atomic mass is 32.2. The number of anilines is 1. The van der Waals surface area contributed by atoms with Gasteiger partial charge in [-0.1, -0.05) is 12.8 Å². The summed E-state index contributed by atoms with van der Waals surface area (Å²) in [4.78, 5) is 3.89. The number of aryl methyl sites for hydroxylation is 1. The molecule has 7 heteroatoms. The summed E-state index contributed by atoms with van der Waals surface area (Å²) in [5.41, 5.74) is 5.73. The van der Waals surface area contributed by atoms with Gasteiger partial charge in [0.1, 0.15) is 0 Å². The zero-order valence-corrected chi connectivity index (χ0v) is 11.9. The number of nitrogens with zero attached hydrogens (tertiary/aromatic N) is 3. The average molecular weight is 284 g/mol. The van der Waals surface area contributed by atoms with Gasteiger partial charge in [0, 0.05) is 19.6 Å². The van der Waals surface area contributed by atoms with Crippen molar-refractivity contribution in [3.8, 4) is 0 Å². The molecule has 0 aromatic carbocycles. The smallest absolute Gasteiger partial charge is 0.262 e. The number of rotatable bonds is 2. The van der Waals surface area contributed by atoms with E-state index >= 15 is 0 Å². The first-order valence-electron chi connectivity index (χ1n) is 6.80. The molecule has 2 fully saturated rings. The van der Waals surface area contributed by atoms with Crippen LogP contribution in [-0.4, -0.2) is 34.9 Å². The number of imidazole rings is 1. The summed E-state index contributed by atoms with van der Waals surface area (Å²) in [6, 6.07) is 0.160. The van der Waals surface area contributed by atoms with E-state index in [-0.39, 0.29) is 16.9 Å². The molecule has 0 bridgehead atoms. The molecule has 2 unspecified atom stereocenters. The molecule has 1 saturated carbocycles. The highest BCUT2D eigenvalue weighted by Crippen LogP contribution is 2.39. The van der Waals surface area contributed by atoms with Crippen molar-refractivity contribution in [1.29, 1.82) is 0 Å². The molecular weight excluding hydrogens is 264 g/mol. The van der Waals surface area contributed by atoms with Crippen LogP contribution < -0.4 is 5.73 Å². The van der Waals surface area contributed by atoms with Gasteiger partial charge >= 0.3 is 0 Å². The van der Waals surface area contributed by atoms with E-state index in [1.807, 2.05) is 0 Å². The van der Waals surface area contributed by atoms with Crippen molar-refractivity contribution in [3.05, 3.63) is 6.33 Å². The summed E-state index contributed by atoms with van der Waals surface area (Å²) in [5.74, 6) is 0.625. The molecule has 1 saturated heterocycles. The summed E-state index contributed by atoms with van der Waals surface area (Å²) < 4.78 is 28.7. The van der Waals surface area contributed by atoms with Crippen LogP contribution >= 0.6 is 0 Å². The number of sulfonamides is 1. The standard InChI is InChI=1S/C12H20N4O2S/c1-15-8-14-11(13)12(15)19(17,18)16-7-6-9-4-2-3-5-10(9)16/h8-10H,2-7,13H2,1H3. The minimum absolute atomic E-state index is 0.0989. The predicted octanol–water partition coefficient (Wildman–Crippen LogP) is 0.955. The first-order valence-corrected chi connectivity index (χ1v) is 8.24. The lowest BCUT2D eigenvalue weighted by atomic mass is 9.86. The maximum Gasteiger partial charge on any atom is 0.262 e. The Balaban J connectivity index is 1.97. The van der Waals surface area contributed by atoms with Crippen molar-refractivity contribution >= 4 is 15.8 Å². The van der Waals surface area contributed by atoms with Gasteiger partial charge in [0.15, 0.2) is 10.8 Å². The van der Waals surface area contributed by atoms with Crippen LogP contribution in [0.4, 0.5) is 5.82 Å². The van der Waals surface area contributed by atoms with Crippen molar-refractivity contribution < 1.29 is 8.42 Å². The van der Waals surface area contributed by atoms with Crippen LogP contribution in [0.5, 0.6) is 0 Å². The number of hydrogen-bond acceptors (Lipinski definition) is 4. The van der Waals surface area contributed by atoms with Crippen molar-refractivity contribution in [2.45, 2.75) is 43.2 Å². The van der Waals surface area contributed by atoms with Crippen LogP contribution in [0.25, 0.3) is 0 Å². The molecule has 0 amide bonds. The quantitative estimate of drug-likeness (QED) is 0.877. The Morgan fingerprint density at radius 1 is 1.32 bits per heavy atom. The molecule has 0 spiro atoms. The maximum absolute atomic E-state index is 12.8. The lowest BCUT2D eigenvalue weighted by molar-refractivity contribution is 0.259. The van der Waals surface area contributed by atoms with Crippen LogP contribution in [0.15, 0.2) is 11.4 Å². The zero-order valence-electron chi connectivity index (χ0n) is 11.1. The summed E-state index contributed by atoms with van der Waals surface area (Å²) in [6.45, 7) is 0.613. The predicted molar refractivity (Wildman–Crippen MR) is 71.9 cm³/mol. The van der Waals surface area contributed by atoms with Gasteiger partial charge in [-0.2, -0.15) is 4.31 Å². The monoisotopic (exact) mass is 284 g/mol. The number of nitrogens with two attached hydrogens (primary N) is 1. The molecule has 2 atom stereocenters. The van der Waals surface area contributed by atoms with E-state index in [9.17, 15) is 8.42 Å². The number of hydrogen-bond donors (Lipinski definition) is 1. The summed E-state index contributed by atoms with van der Waals surface area (Å²) in [5, 5.41) is 0.138. The summed E-state index contributed by atoms with van der Waals surface area (Å²) in [6.07, 6.45) is 6.90. The molecule has 106 valence electrons. The van der Waals surface area contributed by atoms with Gasteiger partial charge in [0.2, 0.25) is 0 Å². The fourth-order valence-corrected chi connectivity index (χ4v) is 5.45. The Bertz CT molecular complexity index is 561. The molecule has 19 heavy (non-hydrogen) atoms. The van der Waals surface area contributed by atoms with Gasteiger partial charge in [-0.25, -0.2) is 13.4 Å². The second kappa shape index (κ2) is 4.49. The molecule has 3 rings (SSSR count). The third-order valence-electron chi connectivity index (χ3n) is 4.42. The van der Waals surface area contributed by atoms with Gasteiger partial charge in [-0.05, 0) is 25.2 Å². The third kappa shape index (κ3) is 1.95. The maximum atomic E-state index is 12.8. The largest absolute Gasteiger partial charge is 0.381 e. The van der Waals surface area contributed by atoms with Crippen LogP contribution in [-0.2, 0) is 17.1 Å². The van der Waals surface area contributed by atoms with Crippen molar-refractivity contribution in [2.75, 3.05) is 12.3 Å². The van der Waals surface area contributed by atoms with E-state index in [0.717, 1.165) is 25.7 Å². The second-order valence-corrected chi connectivity index (χ2v) is 7.37. The van der Waals surface area contributed by atoms with Crippen molar-refractivity contribution in [1.82, 2.24) is 13.9 Å². The summed E-state index contributed by atoms with van der Waals surface area (Å²) in [7, 11) is -1.85. The Morgan fingerprint density at radius 2 is 2.05 bits per heavy atom. The Kier molecular flexibility index (Phi) is 3.05. The highest BCUT2D eigenvalue weighted by molar-refractivity contribution is 7.89. The molecular formula is C12H20N4O2S. The van der Waals surface area contributed by atoms with Gasteiger partial charge in [-0.15, -0.1) is 0 Å². The summed E-state index contributed by atoms with van der Waals surface area (Å²) >= 11 is 0. The van der Waals surface area contributed by atoms with E-state index in [4.69, 9.17) is 5.73 Å². The van der Waals surface area contributed by atoms with E-state index in [1.165, 1.54) is 17.3 Å². The van der Waals surface area contributed by atoms with Crippen LogP contribution in [0.2, 0.25) is 0 Å². The van der Waals surface area contributed by atoms with Crippen LogP contribution in [0, 0.1) is 5.92 Å². The molecule has 6 nitrogen and oxygen atoms in total. The van der Waals surface area contributed by atoms with E-state index < -0.39 is 10.0 Å². The highest BCUT2D eigenvalue weighted by Gasteiger charge is 2.43. The second-order valence-electron chi connectivity index (χ2n) is 5.56. The van der Waals surface area contributed by atoms with E-state index in [1.54, 1.807) is 11.4 Å². The molecule has 1 aliphatic heterocycles. The topological polar surface area (TPSA) is 81.2 Å². The van der Waals surface area contributed by atoms with Crippen LogP contribution in [0.3, 0.4) is 0 Å². The fourth-order valence-electron chi connectivity index (χ4n) is 3.52. The minimum atomic E-state index is -3.52. The average Bonchev–Trinajstić information content (AvgIpc) is 2.93. The minimum Gasteiger partial charge on any atom is -0.381 e. The molecule has 1 aromatic heterocycles. The first-order chi connectivity index (χ1) is 9.01. The fraction of sp³-hybridized carbons (Fsp3) is 0.750. The van der Waals surface area contributed by atoms with Crippen molar-refractivity contribution in [3.63, 3.8) is 0 Å². The van der Waals surface area contributed by atoms with Crippen molar-refractivity contribution in [2.24, 2.45) is 13.0 Å². The Hall–Kier alpha value is -1.08. The van der Waals surface area contributed by atoms with Crippen LogP contribution in [0.1, 0.15) is 32.1 Å². The normalized spacial score (nSPS) is 28.5. The molecule has 2 heterocycles. The molecule has 1 aromatic rings. The van der Waals surface area contributed by atoms with Gasteiger partial charge in [0.25, 0.3) is 10.0 Å². The first kappa shape index (κ1) is 12.9. The van der Waals surface area contributed by atoms with Gasteiger partial charge in [0.05, 0.1) is 6.33 Å². The SMILES string of the molecule is Cn1cnc(N)c1S(=O)(=O)N1CCC2CCCCC21. The molecule has 1 aliphatic carbocycles. The number of aromatic nitrogens is 2. The lowest BCUT2D eigenvalue weighted by Crippen LogP contribution is -2.40. The zero-order chi connectivity index (χ0) is 13.6. The van der Waals surface area contributed by atoms with E-state index in [0.29, 0.717) is 12.5 Å². The van der Waals surface area contributed by atoms with E-state index in [2.05, 4.69) is 4.98 Å². The Labute approximate surface area is 113 Å². The molecule has 2 aliphatic rings. The third-order valence-corrected chi connectivity index (χ3v) is 6.48.